The van der Waals surface area contributed by atoms with E-state index in [1.165, 1.54) is 25.7 Å². The molecule has 3 nitrogen and oxygen atoms in total. The first-order valence-electron chi connectivity index (χ1n) is 6.91. The molecule has 20 heavy (non-hydrogen) atoms. The summed E-state index contributed by atoms with van der Waals surface area (Å²) in [4.78, 5) is 4.64. The van der Waals surface area contributed by atoms with Gasteiger partial charge in [-0.25, -0.2) is 4.98 Å². The van der Waals surface area contributed by atoms with Crippen LogP contribution >= 0.6 is 31.9 Å². The lowest BCUT2D eigenvalue weighted by Crippen LogP contribution is -2.08. The third-order valence-corrected chi connectivity index (χ3v) is 5.09. The Kier molecular flexibility index (Phi) is 4.17. The Morgan fingerprint density at radius 1 is 1.20 bits per heavy atom. The molecule has 2 aromatic rings. The number of nitrogens with zero attached hydrogens (tertiary/aromatic N) is 2. The zero-order valence-electron chi connectivity index (χ0n) is 11.4. The molecule has 1 heterocycles. The van der Waals surface area contributed by atoms with E-state index in [1.54, 1.807) is 0 Å². The van der Waals surface area contributed by atoms with Crippen LogP contribution in [0.15, 0.2) is 33.3 Å². The van der Waals surface area contributed by atoms with Gasteiger partial charge in [0.15, 0.2) is 0 Å². The number of benzene rings is 1. The predicted octanol–water partition coefficient (Wildman–Crippen LogP) is 5.58. The van der Waals surface area contributed by atoms with Crippen molar-refractivity contribution in [3.63, 3.8) is 0 Å². The molecule has 5 heteroatoms. The largest absolute Gasteiger partial charge is 0.324 e. The summed E-state index contributed by atoms with van der Waals surface area (Å²) in [7, 11) is 0. The lowest BCUT2D eigenvalue weighted by atomic mass is 10.2. The standard InChI is InChI=1S/C15H17Br2N3/c1-10-9-20(11-5-2-3-6-11)15(18-10)19-14-12(16)7-4-8-13(14)17/h4,7-9,11H,2-3,5-6H2,1H3,(H,18,19). The van der Waals surface area contributed by atoms with E-state index in [4.69, 9.17) is 0 Å². The molecule has 0 bridgehead atoms. The van der Waals surface area contributed by atoms with E-state index < -0.39 is 0 Å². The smallest absolute Gasteiger partial charge is 0.207 e. The summed E-state index contributed by atoms with van der Waals surface area (Å²) in [5, 5.41) is 3.46. The second-order valence-corrected chi connectivity index (χ2v) is 6.98. The van der Waals surface area contributed by atoms with Crippen LogP contribution in [0.3, 0.4) is 0 Å². The first-order chi connectivity index (χ1) is 9.65. The highest BCUT2D eigenvalue weighted by Gasteiger charge is 2.20. The monoisotopic (exact) mass is 397 g/mol. The van der Waals surface area contributed by atoms with Gasteiger partial charge in [-0.1, -0.05) is 18.9 Å². The molecule has 0 amide bonds. The number of anilines is 2. The van der Waals surface area contributed by atoms with Gasteiger partial charge in [-0.15, -0.1) is 0 Å². The fourth-order valence-corrected chi connectivity index (χ4v) is 4.00. The van der Waals surface area contributed by atoms with E-state index >= 15 is 0 Å². The average molecular weight is 399 g/mol. The predicted molar refractivity (Wildman–Crippen MR) is 89.6 cm³/mol. The van der Waals surface area contributed by atoms with Gasteiger partial charge in [0.1, 0.15) is 0 Å². The number of aromatic nitrogens is 2. The zero-order valence-corrected chi connectivity index (χ0v) is 14.5. The Labute approximate surface area is 136 Å². The van der Waals surface area contributed by atoms with Gasteiger partial charge in [0.25, 0.3) is 0 Å². The molecule has 1 aromatic heterocycles. The van der Waals surface area contributed by atoms with Gasteiger partial charge in [-0.3, -0.25) is 0 Å². The number of para-hydroxylation sites is 1. The molecular formula is C15H17Br2N3. The summed E-state index contributed by atoms with van der Waals surface area (Å²) in [5.74, 6) is 0.932. The van der Waals surface area contributed by atoms with Crippen molar-refractivity contribution in [1.29, 1.82) is 0 Å². The maximum atomic E-state index is 4.64. The van der Waals surface area contributed by atoms with Crippen LogP contribution in [0.5, 0.6) is 0 Å². The molecule has 106 valence electrons. The van der Waals surface area contributed by atoms with Crippen LogP contribution in [0.1, 0.15) is 37.4 Å². The summed E-state index contributed by atoms with van der Waals surface area (Å²) >= 11 is 7.18. The van der Waals surface area contributed by atoms with Crippen LogP contribution in [-0.2, 0) is 0 Å². The van der Waals surface area contributed by atoms with Gasteiger partial charge in [0, 0.05) is 21.2 Å². The Hall–Kier alpha value is -0.810. The molecule has 1 aromatic carbocycles. The molecule has 0 unspecified atom stereocenters. The topological polar surface area (TPSA) is 29.9 Å². The van der Waals surface area contributed by atoms with Crippen LogP contribution in [-0.4, -0.2) is 9.55 Å². The maximum Gasteiger partial charge on any atom is 0.207 e. The van der Waals surface area contributed by atoms with Crippen LogP contribution in [0.2, 0.25) is 0 Å². The summed E-state index contributed by atoms with van der Waals surface area (Å²) in [6.45, 7) is 2.05. The highest BCUT2D eigenvalue weighted by molar-refractivity contribution is 9.11. The zero-order chi connectivity index (χ0) is 14.1. The second kappa shape index (κ2) is 5.90. The Balaban J connectivity index is 1.94. The van der Waals surface area contributed by atoms with Gasteiger partial charge < -0.3 is 9.88 Å². The summed E-state index contributed by atoms with van der Waals surface area (Å²) in [6, 6.07) is 6.65. The molecule has 1 N–H and O–H groups in total. The van der Waals surface area contributed by atoms with E-state index in [1.807, 2.05) is 25.1 Å². The van der Waals surface area contributed by atoms with E-state index in [0.29, 0.717) is 6.04 Å². The Bertz CT molecular complexity index is 595. The molecule has 0 saturated heterocycles. The van der Waals surface area contributed by atoms with E-state index in [-0.39, 0.29) is 0 Å². The van der Waals surface area contributed by atoms with E-state index in [2.05, 4.69) is 52.9 Å². The minimum atomic E-state index is 0.583. The van der Waals surface area contributed by atoms with Crippen molar-refractivity contribution in [2.45, 2.75) is 38.6 Å². The van der Waals surface area contributed by atoms with Gasteiger partial charge in [0.05, 0.1) is 11.4 Å². The van der Waals surface area contributed by atoms with Crippen molar-refractivity contribution in [2.75, 3.05) is 5.32 Å². The lowest BCUT2D eigenvalue weighted by molar-refractivity contribution is 0.524. The summed E-state index contributed by atoms with van der Waals surface area (Å²) in [5.41, 5.74) is 2.08. The number of hydrogen-bond donors (Lipinski definition) is 1. The van der Waals surface area contributed by atoms with Gasteiger partial charge in [-0.05, 0) is 63.8 Å². The molecule has 0 radical (unpaired) electrons. The van der Waals surface area contributed by atoms with Gasteiger partial charge in [-0.2, -0.15) is 0 Å². The number of nitrogens with one attached hydrogen (secondary N) is 1. The van der Waals surface area contributed by atoms with Crippen LogP contribution < -0.4 is 5.32 Å². The van der Waals surface area contributed by atoms with Crippen molar-refractivity contribution in [3.05, 3.63) is 39.0 Å². The van der Waals surface area contributed by atoms with Crippen molar-refractivity contribution in [2.24, 2.45) is 0 Å². The molecular weight excluding hydrogens is 382 g/mol. The Morgan fingerprint density at radius 2 is 1.85 bits per heavy atom. The average Bonchev–Trinajstić information content (AvgIpc) is 3.03. The molecule has 1 fully saturated rings. The molecule has 0 atom stereocenters. The third-order valence-electron chi connectivity index (χ3n) is 3.77. The molecule has 0 aliphatic heterocycles. The van der Waals surface area contributed by atoms with Crippen LogP contribution in [0, 0.1) is 6.92 Å². The highest BCUT2D eigenvalue weighted by atomic mass is 79.9. The summed E-state index contributed by atoms with van der Waals surface area (Å²) in [6.07, 6.45) is 7.30. The first kappa shape index (κ1) is 14.1. The minimum absolute atomic E-state index is 0.583. The molecule has 1 saturated carbocycles. The van der Waals surface area contributed by atoms with Crippen molar-refractivity contribution < 1.29 is 0 Å². The number of hydrogen-bond acceptors (Lipinski definition) is 2. The quantitative estimate of drug-likeness (QED) is 0.731. The second-order valence-electron chi connectivity index (χ2n) is 5.27. The first-order valence-corrected chi connectivity index (χ1v) is 8.50. The number of rotatable bonds is 3. The fourth-order valence-electron chi connectivity index (χ4n) is 2.80. The Morgan fingerprint density at radius 3 is 2.50 bits per heavy atom. The fraction of sp³-hybridized carbons (Fsp3) is 0.400. The van der Waals surface area contributed by atoms with E-state index in [0.717, 1.165) is 26.3 Å². The van der Waals surface area contributed by atoms with E-state index in [9.17, 15) is 0 Å². The molecule has 1 aliphatic rings. The van der Waals surface area contributed by atoms with Gasteiger partial charge in [0.2, 0.25) is 5.95 Å². The highest BCUT2D eigenvalue weighted by Crippen LogP contribution is 2.36. The molecule has 0 spiro atoms. The number of imidazole rings is 1. The third kappa shape index (κ3) is 2.79. The number of aryl methyl sites for hydroxylation is 1. The van der Waals surface area contributed by atoms with Crippen molar-refractivity contribution in [1.82, 2.24) is 9.55 Å². The molecule has 1 aliphatic carbocycles. The molecule has 3 rings (SSSR count). The SMILES string of the molecule is Cc1cn(C2CCCC2)c(Nc2c(Br)cccc2Br)n1. The number of halogens is 2. The van der Waals surface area contributed by atoms with Crippen molar-refractivity contribution in [3.8, 4) is 0 Å². The van der Waals surface area contributed by atoms with Gasteiger partial charge >= 0.3 is 0 Å². The van der Waals surface area contributed by atoms with Crippen LogP contribution in [0.25, 0.3) is 0 Å². The minimum Gasteiger partial charge on any atom is -0.324 e. The maximum absolute atomic E-state index is 4.64. The van der Waals surface area contributed by atoms with Crippen molar-refractivity contribution >= 4 is 43.5 Å². The van der Waals surface area contributed by atoms with Crippen LogP contribution in [0.4, 0.5) is 11.6 Å². The normalized spacial score (nSPS) is 15.8. The summed E-state index contributed by atoms with van der Waals surface area (Å²) < 4.78 is 4.37. The lowest BCUT2D eigenvalue weighted by Gasteiger charge is -2.17.